The first-order valence-corrected chi connectivity index (χ1v) is 8.13. The Morgan fingerprint density at radius 2 is 2.14 bits per heavy atom. The molecule has 120 valence electrons. The van der Waals surface area contributed by atoms with Crippen molar-refractivity contribution < 1.29 is 9.53 Å². The Bertz CT molecular complexity index is 494. The second kappa shape index (κ2) is 7.11. The summed E-state index contributed by atoms with van der Waals surface area (Å²) in [7, 11) is 2.07. The molecule has 2 N–H and O–H groups in total. The van der Waals surface area contributed by atoms with Crippen LogP contribution in [-0.4, -0.2) is 49.3 Å². The number of hydrogen-bond acceptors (Lipinski definition) is 3. The number of fused-ring (bicyclic) bond motifs is 2. The van der Waals surface area contributed by atoms with E-state index < -0.39 is 0 Å². The molecule has 0 aromatic heterocycles. The number of nitrogens with zero attached hydrogens (tertiary/aromatic N) is 1. The molecule has 3 rings (SSSR count). The van der Waals surface area contributed by atoms with Crippen molar-refractivity contribution in [2.45, 2.75) is 44.1 Å². The first-order valence-electron chi connectivity index (χ1n) is 8.13. The highest BCUT2D eigenvalue weighted by Crippen LogP contribution is 2.34. The SMILES string of the molecule is CN(CCNC(=O)N[C@@H]1C[C@H]2CC[C@H]1O2)Cc1ccccc1. The Balaban J connectivity index is 1.32. The molecule has 0 aliphatic carbocycles. The molecule has 2 fully saturated rings. The number of urea groups is 1. The minimum atomic E-state index is -0.0748. The third-order valence-corrected chi connectivity index (χ3v) is 4.50. The molecule has 0 spiro atoms. The number of ether oxygens (including phenoxy) is 1. The lowest BCUT2D eigenvalue weighted by molar-refractivity contribution is 0.0981. The van der Waals surface area contributed by atoms with Crippen molar-refractivity contribution in [1.82, 2.24) is 15.5 Å². The average Bonchev–Trinajstić information content (AvgIpc) is 3.11. The van der Waals surface area contributed by atoms with E-state index in [-0.39, 0.29) is 18.2 Å². The van der Waals surface area contributed by atoms with Crippen molar-refractivity contribution in [3.05, 3.63) is 35.9 Å². The minimum absolute atomic E-state index is 0.0748. The quantitative estimate of drug-likeness (QED) is 0.841. The van der Waals surface area contributed by atoms with Gasteiger partial charge in [0.2, 0.25) is 0 Å². The lowest BCUT2D eigenvalue weighted by atomic mass is 9.96. The van der Waals surface area contributed by atoms with E-state index in [1.807, 2.05) is 18.2 Å². The van der Waals surface area contributed by atoms with E-state index in [1.54, 1.807) is 0 Å². The zero-order valence-corrected chi connectivity index (χ0v) is 13.1. The molecule has 1 aromatic carbocycles. The lowest BCUT2D eigenvalue weighted by Crippen LogP contribution is -2.47. The van der Waals surface area contributed by atoms with Gasteiger partial charge in [-0.2, -0.15) is 0 Å². The summed E-state index contributed by atoms with van der Waals surface area (Å²) in [5.41, 5.74) is 1.29. The molecule has 2 aliphatic rings. The largest absolute Gasteiger partial charge is 0.373 e. The first kappa shape index (κ1) is 15.3. The van der Waals surface area contributed by atoms with Crippen LogP contribution in [0, 0.1) is 0 Å². The molecule has 2 saturated heterocycles. The van der Waals surface area contributed by atoms with E-state index in [1.165, 1.54) is 5.56 Å². The van der Waals surface area contributed by atoms with E-state index in [9.17, 15) is 4.79 Å². The van der Waals surface area contributed by atoms with Gasteiger partial charge in [0.05, 0.1) is 18.2 Å². The van der Waals surface area contributed by atoms with Gasteiger partial charge in [-0.3, -0.25) is 0 Å². The molecule has 2 bridgehead atoms. The number of carbonyl (C=O) groups excluding carboxylic acids is 1. The van der Waals surface area contributed by atoms with Crippen molar-refractivity contribution in [1.29, 1.82) is 0 Å². The summed E-state index contributed by atoms with van der Waals surface area (Å²) in [6.45, 7) is 2.37. The van der Waals surface area contributed by atoms with Crippen LogP contribution >= 0.6 is 0 Å². The van der Waals surface area contributed by atoms with Crippen molar-refractivity contribution >= 4 is 6.03 Å². The summed E-state index contributed by atoms with van der Waals surface area (Å²) in [4.78, 5) is 14.1. The van der Waals surface area contributed by atoms with Gasteiger partial charge in [0.15, 0.2) is 0 Å². The van der Waals surface area contributed by atoms with E-state index in [0.29, 0.717) is 12.6 Å². The molecule has 22 heavy (non-hydrogen) atoms. The number of likely N-dealkylation sites (N-methyl/N-ethyl adjacent to an activating group) is 1. The number of amides is 2. The molecule has 0 unspecified atom stereocenters. The van der Waals surface area contributed by atoms with Crippen LogP contribution in [0.1, 0.15) is 24.8 Å². The molecular formula is C17H25N3O2. The standard InChI is InChI=1S/C17H25N3O2/c1-20(12-13-5-3-2-4-6-13)10-9-18-17(21)19-15-11-14-7-8-16(15)22-14/h2-6,14-16H,7-12H2,1H3,(H2,18,19,21)/t14-,15-,16-/m1/s1. The van der Waals surface area contributed by atoms with E-state index in [4.69, 9.17) is 4.74 Å². The van der Waals surface area contributed by atoms with Gasteiger partial charge in [0.1, 0.15) is 0 Å². The number of carbonyl (C=O) groups is 1. The molecule has 0 radical (unpaired) electrons. The third kappa shape index (κ3) is 3.99. The van der Waals surface area contributed by atoms with Crippen LogP contribution in [-0.2, 0) is 11.3 Å². The first-order chi connectivity index (χ1) is 10.7. The zero-order valence-electron chi connectivity index (χ0n) is 13.1. The highest BCUT2D eigenvalue weighted by atomic mass is 16.5. The average molecular weight is 303 g/mol. The van der Waals surface area contributed by atoms with Crippen LogP contribution in [0.4, 0.5) is 4.79 Å². The maximum atomic E-state index is 11.9. The normalized spacial score (nSPS) is 26.4. The fraction of sp³-hybridized carbons (Fsp3) is 0.588. The predicted octanol–water partition coefficient (Wildman–Crippen LogP) is 1.74. The second-order valence-corrected chi connectivity index (χ2v) is 6.34. The van der Waals surface area contributed by atoms with E-state index in [0.717, 1.165) is 32.4 Å². The van der Waals surface area contributed by atoms with Crippen LogP contribution in [0.25, 0.3) is 0 Å². The zero-order chi connectivity index (χ0) is 15.4. The second-order valence-electron chi connectivity index (χ2n) is 6.34. The van der Waals surface area contributed by atoms with Gasteiger partial charge in [-0.1, -0.05) is 30.3 Å². The molecule has 2 aliphatic heterocycles. The van der Waals surface area contributed by atoms with Crippen molar-refractivity contribution in [3.63, 3.8) is 0 Å². The van der Waals surface area contributed by atoms with Gasteiger partial charge in [-0.15, -0.1) is 0 Å². The third-order valence-electron chi connectivity index (χ3n) is 4.50. The summed E-state index contributed by atoms with van der Waals surface area (Å²) in [6, 6.07) is 10.5. The Hall–Kier alpha value is -1.59. The van der Waals surface area contributed by atoms with Crippen LogP contribution in [0.15, 0.2) is 30.3 Å². The summed E-state index contributed by atoms with van der Waals surface area (Å²) in [6.07, 6.45) is 3.79. The van der Waals surface area contributed by atoms with Crippen molar-refractivity contribution in [3.8, 4) is 0 Å². The number of nitrogens with one attached hydrogen (secondary N) is 2. The molecule has 2 heterocycles. The topological polar surface area (TPSA) is 53.6 Å². The van der Waals surface area contributed by atoms with Crippen molar-refractivity contribution in [2.24, 2.45) is 0 Å². The van der Waals surface area contributed by atoms with Crippen molar-refractivity contribution in [2.75, 3.05) is 20.1 Å². The number of rotatable bonds is 6. The molecule has 2 amide bonds. The Kier molecular flexibility index (Phi) is 4.95. The summed E-state index contributed by atoms with van der Waals surface area (Å²) in [5.74, 6) is 0. The van der Waals surface area contributed by atoms with Gasteiger partial charge in [-0.25, -0.2) is 4.79 Å². The molecule has 5 nitrogen and oxygen atoms in total. The van der Waals surface area contributed by atoms with Crippen LogP contribution in [0.3, 0.4) is 0 Å². The Morgan fingerprint density at radius 3 is 2.82 bits per heavy atom. The maximum Gasteiger partial charge on any atom is 0.315 e. The number of benzene rings is 1. The smallest absolute Gasteiger partial charge is 0.315 e. The van der Waals surface area contributed by atoms with Gasteiger partial charge in [0.25, 0.3) is 0 Å². The summed E-state index contributed by atoms with van der Waals surface area (Å²) >= 11 is 0. The molecule has 3 atom stereocenters. The number of hydrogen-bond donors (Lipinski definition) is 2. The fourth-order valence-corrected chi connectivity index (χ4v) is 3.34. The Labute approximate surface area is 132 Å². The molecule has 0 saturated carbocycles. The fourth-order valence-electron chi connectivity index (χ4n) is 3.34. The highest BCUT2D eigenvalue weighted by Gasteiger charge is 2.41. The lowest BCUT2D eigenvalue weighted by Gasteiger charge is -2.21. The van der Waals surface area contributed by atoms with Crippen LogP contribution in [0.5, 0.6) is 0 Å². The molecular weight excluding hydrogens is 278 g/mol. The summed E-state index contributed by atoms with van der Waals surface area (Å²) in [5, 5.41) is 5.98. The monoisotopic (exact) mass is 303 g/mol. The molecule has 5 heteroatoms. The van der Waals surface area contributed by atoms with Crippen LogP contribution in [0.2, 0.25) is 0 Å². The van der Waals surface area contributed by atoms with E-state index in [2.05, 4.69) is 34.7 Å². The van der Waals surface area contributed by atoms with Gasteiger partial charge in [-0.05, 0) is 31.9 Å². The Morgan fingerprint density at radius 1 is 1.32 bits per heavy atom. The summed E-state index contributed by atoms with van der Waals surface area (Å²) < 4.78 is 5.74. The van der Waals surface area contributed by atoms with Crippen LogP contribution < -0.4 is 10.6 Å². The van der Waals surface area contributed by atoms with Gasteiger partial charge in [0, 0.05) is 19.6 Å². The molecule has 1 aromatic rings. The predicted molar refractivity (Wildman–Crippen MR) is 85.6 cm³/mol. The minimum Gasteiger partial charge on any atom is -0.373 e. The van der Waals surface area contributed by atoms with Gasteiger partial charge >= 0.3 is 6.03 Å². The van der Waals surface area contributed by atoms with Gasteiger partial charge < -0.3 is 20.3 Å². The van der Waals surface area contributed by atoms with E-state index >= 15 is 0 Å². The highest BCUT2D eigenvalue weighted by molar-refractivity contribution is 5.74. The maximum absolute atomic E-state index is 11.9.